The van der Waals surface area contributed by atoms with E-state index in [4.69, 9.17) is 0 Å². The Bertz CT molecular complexity index is 686. The summed E-state index contributed by atoms with van der Waals surface area (Å²) < 4.78 is 39.2. The monoisotopic (exact) mass is 339 g/mol. The van der Waals surface area contributed by atoms with Gasteiger partial charge in [0.2, 0.25) is 5.95 Å². The lowest BCUT2D eigenvalue weighted by molar-refractivity contribution is -0.136. The largest absolute Gasteiger partial charge is 0.418 e. The molecular formula is C16H20F3N5. The van der Waals surface area contributed by atoms with Gasteiger partial charge in [-0.3, -0.25) is 0 Å². The highest BCUT2D eigenvalue weighted by Crippen LogP contribution is 2.35. The van der Waals surface area contributed by atoms with Crippen LogP contribution in [0.5, 0.6) is 0 Å². The Morgan fingerprint density at radius 2 is 1.83 bits per heavy atom. The number of aromatic nitrogens is 2. The molecule has 0 saturated carbocycles. The van der Waals surface area contributed by atoms with Crippen LogP contribution in [0, 0.1) is 6.92 Å². The highest BCUT2D eigenvalue weighted by Gasteiger charge is 2.33. The van der Waals surface area contributed by atoms with Gasteiger partial charge in [-0.2, -0.15) is 18.2 Å². The zero-order valence-electron chi connectivity index (χ0n) is 13.8. The Kier molecular flexibility index (Phi) is 5.61. The van der Waals surface area contributed by atoms with E-state index < -0.39 is 11.7 Å². The van der Waals surface area contributed by atoms with E-state index in [0.717, 1.165) is 12.6 Å². The molecule has 0 amide bonds. The number of rotatable bonds is 6. The second kappa shape index (κ2) is 7.48. The van der Waals surface area contributed by atoms with Crippen LogP contribution in [0.2, 0.25) is 0 Å². The maximum Gasteiger partial charge on any atom is 0.418 e. The lowest BCUT2D eigenvalue weighted by atomic mass is 10.1. The van der Waals surface area contributed by atoms with Crippen molar-refractivity contribution in [1.29, 1.82) is 0 Å². The Hall–Kier alpha value is -2.35. The zero-order chi connectivity index (χ0) is 17.7. The second-order valence-corrected chi connectivity index (χ2v) is 5.62. The van der Waals surface area contributed by atoms with Crippen molar-refractivity contribution < 1.29 is 13.2 Å². The average Bonchev–Trinajstić information content (AvgIpc) is 2.45. The highest BCUT2D eigenvalue weighted by atomic mass is 19.4. The summed E-state index contributed by atoms with van der Waals surface area (Å²) in [6, 6.07) is 7.00. The Balaban J connectivity index is 2.20. The number of hydrogen-bond donors (Lipinski definition) is 2. The number of alkyl halides is 3. The van der Waals surface area contributed by atoms with E-state index in [2.05, 4.69) is 20.6 Å². The third kappa shape index (κ3) is 5.09. The van der Waals surface area contributed by atoms with E-state index >= 15 is 0 Å². The maximum absolute atomic E-state index is 13.1. The average molecular weight is 339 g/mol. The Morgan fingerprint density at radius 3 is 2.50 bits per heavy atom. The molecule has 0 aliphatic heterocycles. The first-order valence-corrected chi connectivity index (χ1v) is 7.43. The molecule has 0 fully saturated rings. The summed E-state index contributed by atoms with van der Waals surface area (Å²) in [7, 11) is 3.90. The fourth-order valence-corrected chi connectivity index (χ4v) is 2.08. The molecule has 0 saturated heterocycles. The predicted molar refractivity (Wildman–Crippen MR) is 88.5 cm³/mol. The number of para-hydroxylation sites is 1. The van der Waals surface area contributed by atoms with Gasteiger partial charge in [-0.15, -0.1) is 0 Å². The molecule has 0 spiro atoms. The van der Waals surface area contributed by atoms with Crippen molar-refractivity contribution in [3.8, 4) is 0 Å². The van der Waals surface area contributed by atoms with Gasteiger partial charge in [-0.05, 0) is 33.2 Å². The van der Waals surface area contributed by atoms with Gasteiger partial charge in [-0.1, -0.05) is 12.1 Å². The molecule has 0 unspecified atom stereocenters. The number of likely N-dealkylation sites (N-methyl/N-ethyl adjacent to an activating group) is 1. The number of halogens is 3. The van der Waals surface area contributed by atoms with Crippen LogP contribution in [0.3, 0.4) is 0 Å². The van der Waals surface area contributed by atoms with Crippen LogP contribution in [-0.4, -0.2) is 42.1 Å². The standard InChI is InChI=1S/C16H20F3N5/c1-11-10-14(20-8-9-24(2)3)23-15(21-11)22-13-7-5-4-6-12(13)16(17,18)19/h4-7,10H,8-9H2,1-3H3,(H2,20,21,22,23). The van der Waals surface area contributed by atoms with Gasteiger partial charge < -0.3 is 15.5 Å². The fourth-order valence-electron chi connectivity index (χ4n) is 2.08. The molecule has 2 rings (SSSR count). The lowest BCUT2D eigenvalue weighted by Crippen LogP contribution is -2.21. The van der Waals surface area contributed by atoms with Crippen molar-refractivity contribution in [2.45, 2.75) is 13.1 Å². The molecule has 2 N–H and O–H groups in total. The summed E-state index contributed by atoms with van der Waals surface area (Å²) in [6.07, 6.45) is -4.44. The first kappa shape index (κ1) is 18.0. The van der Waals surface area contributed by atoms with E-state index in [0.29, 0.717) is 18.1 Å². The van der Waals surface area contributed by atoms with Crippen LogP contribution in [-0.2, 0) is 6.18 Å². The van der Waals surface area contributed by atoms with Gasteiger partial charge in [-0.25, -0.2) is 4.98 Å². The molecule has 5 nitrogen and oxygen atoms in total. The maximum atomic E-state index is 13.1. The van der Waals surface area contributed by atoms with E-state index in [1.807, 2.05) is 19.0 Å². The minimum Gasteiger partial charge on any atom is -0.369 e. The number of benzene rings is 1. The minimum atomic E-state index is -4.44. The molecular weight excluding hydrogens is 319 g/mol. The number of aryl methyl sites for hydroxylation is 1. The van der Waals surface area contributed by atoms with Gasteiger partial charge in [0.15, 0.2) is 0 Å². The summed E-state index contributed by atoms with van der Waals surface area (Å²) in [5, 5.41) is 5.80. The second-order valence-electron chi connectivity index (χ2n) is 5.62. The molecule has 130 valence electrons. The summed E-state index contributed by atoms with van der Waals surface area (Å²) in [4.78, 5) is 10.4. The van der Waals surface area contributed by atoms with Crippen molar-refractivity contribution >= 4 is 17.5 Å². The molecule has 2 aromatic rings. The van der Waals surface area contributed by atoms with Crippen LogP contribution >= 0.6 is 0 Å². The van der Waals surface area contributed by atoms with Crippen molar-refractivity contribution in [2.24, 2.45) is 0 Å². The van der Waals surface area contributed by atoms with Crippen molar-refractivity contribution in [3.05, 3.63) is 41.6 Å². The molecule has 1 aromatic heterocycles. The molecule has 1 aromatic carbocycles. The van der Waals surface area contributed by atoms with Crippen LogP contribution < -0.4 is 10.6 Å². The summed E-state index contributed by atoms with van der Waals surface area (Å²) in [5.74, 6) is 0.690. The fraction of sp³-hybridized carbons (Fsp3) is 0.375. The first-order chi connectivity index (χ1) is 11.3. The number of nitrogens with zero attached hydrogens (tertiary/aromatic N) is 3. The quantitative estimate of drug-likeness (QED) is 0.843. The Morgan fingerprint density at radius 1 is 1.12 bits per heavy atom. The van der Waals surface area contributed by atoms with Gasteiger partial charge in [0, 0.05) is 24.8 Å². The van der Waals surface area contributed by atoms with E-state index in [1.165, 1.54) is 18.2 Å². The van der Waals surface area contributed by atoms with Gasteiger partial charge in [0.05, 0.1) is 11.3 Å². The van der Waals surface area contributed by atoms with E-state index in [1.54, 1.807) is 13.0 Å². The third-order valence-corrected chi connectivity index (χ3v) is 3.20. The topological polar surface area (TPSA) is 53.1 Å². The minimum absolute atomic E-state index is 0.0742. The van der Waals surface area contributed by atoms with Crippen LogP contribution in [0.1, 0.15) is 11.3 Å². The smallest absolute Gasteiger partial charge is 0.369 e. The van der Waals surface area contributed by atoms with Crippen LogP contribution in [0.4, 0.5) is 30.6 Å². The van der Waals surface area contributed by atoms with Crippen LogP contribution in [0.25, 0.3) is 0 Å². The number of hydrogen-bond acceptors (Lipinski definition) is 5. The SMILES string of the molecule is Cc1cc(NCCN(C)C)nc(Nc2ccccc2C(F)(F)F)n1. The summed E-state index contributed by atoms with van der Waals surface area (Å²) in [6.45, 7) is 3.24. The normalized spacial score (nSPS) is 11.6. The predicted octanol–water partition coefficient (Wildman–Crippen LogP) is 3.52. The molecule has 0 aliphatic rings. The molecule has 0 radical (unpaired) electrons. The van der Waals surface area contributed by atoms with Crippen molar-refractivity contribution in [2.75, 3.05) is 37.8 Å². The van der Waals surface area contributed by atoms with Gasteiger partial charge in [0.25, 0.3) is 0 Å². The Labute approximate surface area is 138 Å². The van der Waals surface area contributed by atoms with Gasteiger partial charge in [0.1, 0.15) is 5.82 Å². The molecule has 0 bridgehead atoms. The first-order valence-electron chi connectivity index (χ1n) is 7.43. The third-order valence-electron chi connectivity index (χ3n) is 3.20. The molecule has 1 heterocycles. The van der Waals surface area contributed by atoms with E-state index in [-0.39, 0.29) is 11.6 Å². The van der Waals surface area contributed by atoms with Gasteiger partial charge >= 0.3 is 6.18 Å². The highest BCUT2D eigenvalue weighted by molar-refractivity contribution is 5.60. The molecule has 0 atom stereocenters. The number of nitrogens with one attached hydrogen (secondary N) is 2. The number of anilines is 3. The van der Waals surface area contributed by atoms with Crippen molar-refractivity contribution in [1.82, 2.24) is 14.9 Å². The molecule has 8 heteroatoms. The van der Waals surface area contributed by atoms with Crippen LogP contribution in [0.15, 0.2) is 30.3 Å². The summed E-state index contributed by atoms with van der Waals surface area (Å²) in [5.41, 5.74) is -0.170. The lowest BCUT2D eigenvalue weighted by Gasteiger charge is -2.15. The van der Waals surface area contributed by atoms with E-state index in [9.17, 15) is 13.2 Å². The summed E-state index contributed by atoms with van der Waals surface area (Å²) >= 11 is 0. The zero-order valence-corrected chi connectivity index (χ0v) is 13.8. The molecule has 24 heavy (non-hydrogen) atoms. The molecule has 0 aliphatic carbocycles. The van der Waals surface area contributed by atoms with Crippen molar-refractivity contribution in [3.63, 3.8) is 0 Å².